The number of nitrogens with zero attached hydrogens (tertiary/aromatic N) is 1. The molecule has 0 spiro atoms. The molecule has 0 bridgehead atoms. The summed E-state index contributed by atoms with van der Waals surface area (Å²) in [4.78, 5) is 12.8. The number of nitrogens with one attached hydrogen (secondary N) is 1. The van der Waals surface area contributed by atoms with Crippen LogP contribution in [0.4, 0.5) is 5.69 Å². The number of amides is 1. The maximum Gasteiger partial charge on any atom is 0.264 e. The molecule has 156 valence electrons. The van der Waals surface area contributed by atoms with Gasteiger partial charge in [0.05, 0.1) is 10.6 Å². The molecule has 0 saturated heterocycles. The molecule has 0 saturated carbocycles. The second-order valence-electron chi connectivity index (χ2n) is 7.28. The number of hydrogen-bond donors (Lipinski definition) is 1. The van der Waals surface area contributed by atoms with Gasteiger partial charge in [-0.3, -0.25) is 9.10 Å². The second-order valence-corrected chi connectivity index (χ2v) is 9.14. The summed E-state index contributed by atoms with van der Waals surface area (Å²) in [5.74, 6) is -0.230. The number of benzene rings is 3. The van der Waals surface area contributed by atoms with Gasteiger partial charge in [0.1, 0.15) is 6.54 Å². The van der Waals surface area contributed by atoms with Crippen molar-refractivity contribution in [3.05, 3.63) is 96.1 Å². The Morgan fingerprint density at radius 2 is 1.47 bits per heavy atom. The van der Waals surface area contributed by atoms with Crippen LogP contribution in [0, 0.1) is 6.92 Å². The lowest BCUT2D eigenvalue weighted by atomic mass is 10.0. The highest BCUT2D eigenvalue weighted by molar-refractivity contribution is 7.92. The SMILES string of the molecule is Cc1ccc(N(CC(=O)NC[C@H](C)c2ccccc2)S(=O)(=O)c2ccccc2)cc1. The zero-order chi connectivity index (χ0) is 21.6. The van der Waals surface area contributed by atoms with Crippen LogP contribution in [-0.4, -0.2) is 27.4 Å². The number of carbonyl (C=O) groups is 1. The smallest absolute Gasteiger partial charge is 0.264 e. The highest BCUT2D eigenvalue weighted by Gasteiger charge is 2.27. The maximum absolute atomic E-state index is 13.3. The molecule has 1 N–H and O–H groups in total. The Bertz CT molecular complexity index is 1070. The van der Waals surface area contributed by atoms with E-state index >= 15 is 0 Å². The Hall–Kier alpha value is -3.12. The van der Waals surface area contributed by atoms with Crippen molar-refractivity contribution in [1.82, 2.24) is 5.32 Å². The minimum atomic E-state index is -3.88. The molecule has 0 unspecified atom stereocenters. The lowest BCUT2D eigenvalue weighted by Gasteiger charge is -2.24. The largest absolute Gasteiger partial charge is 0.354 e. The fourth-order valence-electron chi connectivity index (χ4n) is 3.10. The zero-order valence-corrected chi connectivity index (χ0v) is 18.0. The summed E-state index contributed by atoms with van der Waals surface area (Å²) in [6, 6.07) is 25.1. The van der Waals surface area contributed by atoms with Crippen LogP contribution in [0.3, 0.4) is 0 Å². The Kier molecular flexibility index (Phi) is 6.90. The van der Waals surface area contributed by atoms with Gasteiger partial charge in [-0.05, 0) is 42.7 Å². The predicted molar refractivity (Wildman–Crippen MR) is 120 cm³/mol. The van der Waals surface area contributed by atoms with Gasteiger partial charge in [0.2, 0.25) is 5.91 Å². The molecule has 3 rings (SSSR count). The molecule has 5 nitrogen and oxygen atoms in total. The van der Waals surface area contributed by atoms with E-state index in [4.69, 9.17) is 0 Å². The van der Waals surface area contributed by atoms with Crippen LogP contribution in [0.1, 0.15) is 24.0 Å². The maximum atomic E-state index is 13.3. The van der Waals surface area contributed by atoms with Crippen molar-refractivity contribution in [2.24, 2.45) is 0 Å². The highest BCUT2D eigenvalue weighted by Crippen LogP contribution is 2.24. The summed E-state index contributed by atoms with van der Waals surface area (Å²) in [6.07, 6.45) is 0. The first-order valence-corrected chi connectivity index (χ1v) is 11.3. The first-order chi connectivity index (χ1) is 14.4. The molecule has 3 aromatic carbocycles. The minimum Gasteiger partial charge on any atom is -0.354 e. The molecule has 0 aliphatic rings. The molecule has 0 aliphatic heterocycles. The van der Waals surface area contributed by atoms with Crippen molar-refractivity contribution in [3.8, 4) is 0 Å². The van der Waals surface area contributed by atoms with Gasteiger partial charge in [-0.1, -0.05) is 73.2 Å². The van der Waals surface area contributed by atoms with Crippen LogP contribution in [-0.2, 0) is 14.8 Å². The van der Waals surface area contributed by atoms with Crippen molar-refractivity contribution < 1.29 is 13.2 Å². The molecule has 6 heteroatoms. The van der Waals surface area contributed by atoms with Crippen molar-refractivity contribution in [3.63, 3.8) is 0 Å². The lowest BCUT2D eigenvalue weighted by Crippen LogP contribution is -2.41. The Labute approximate surface area is 178 Å². The average Bonchev–Trinajstić information content (AvgIpc) is 2.77. The molecular formula is C24H26N2O3S. The molecule has 1 amide bonds. The Morgan fingerprint density at radius 1 is 0.900 bits per heavy atom. The summed E-state index contributed by atoms with van der Waals surface area (Å²) in [7, 11) is -3.88. The van der Waals surface area contributed by atoms with E-state index in [0.29, 0.717) is 12.2 Å². The lowest BCUT2D eigenvalue weighted by molar-refractivity contribution is -0.119. The fourth-order valence-corrected chi connectivity index (χ4v) is 4.54. The summed E-state index contributed by atoms with van der Waals surface area (Å²) in [5.41, 5.74) is 2.58. The molecule has 3 aromatic rings. The second kappa shape index (κ2) is 9.59. The van der Waals surface area contributed by atoms with E-state index in [-0.39, 0.29) is 23.3 Å². The Balaban J connectivity index is 1.79. The number of anilines is 1. The van der Waals surface area contributed by atoms with Crippen molar-refractivity contribution >= 4 is 21.6 Å². The van der Waals surface area contributed by atoms with Crippen LogP contribution in [0.25, 0.3) is 0 Å². The highest BCUT2D eigenvalue weighted by atomic mass is 32.2. The van der Waals surface area contributed by atoms with Gasteiger partial charge >= 0.3 is 0 Å². The molecule has 30 heavy (non-hydrogen) atoms. The quantitative estimate of drug-likeness (QED) is 0.594. The van der Waals surface area contributed by atoms with Gasteiger partial charge in [-0.2, -0.15) is 0 Å². The van der Waals surface area contributed by atoms with Crippen LogP contribution in [0.5, 0.6) is 0 Å². The van der Waals surface area contributed by atoms with Crippen LogP contribution < -0.4 is 9.62 Å². The number of aryl methyl sites for hydroxylation is 1. The summed E-state index contributed by atoms with van der Waals surface area (Å²) in [6.45, 7) is 4.09. The van der Waals surface area contributed by atoms with Gasteiger partial charge in [-0.15, -0.1) is 0 Å². The van der Waals surface area contributed by atoms with Gasteiger partial charge < -0.3 is 5.32 Å². The third-order valence-corrected chi connectivity index (χ3v) is 6.70. The third kappa shape index (κ3) is 5.27. The first kappa shape index (κ1) is 21.6. The fraction of sp³-hybridized carbons (Fsp3) is 0.208. The van der Waals surface area contributed by atoms with Gasteiger partial charge in [0.15, 0.2) is 0 Å². The standard InChI is InChI=1S/C24H26N2O3S/c1-19-13-15-22(16-14-19)26(30(28,29)23-11-7-4-8-12-23)18-24(27)25-17-20(2)21-9-5-3-6-10-21/h3-16,20H,17-18H2,1-2H3,(H,25,27)/t20-/m0/s1. The van der Waals surface area contributed by atoms with E-state index in [1.54, 1.807) is 30.3 Å². The number of rotatable bonds is 8. The molecule has 0 aliphatic carbocycles. The van der Waals surface area contributed by atoms with Crippen molar-refractivity contribution in [2.75, 3.05) is 17.4 Å². The van der Waals surface area contributed by atoms with E-state index in [1.807, 2.05) is 56.3 Å². The number of hydrogen-bond acceptors (Lipinski definition) is 3. The van der Waals surface area contributed by atoms with Gasteiger partial charge in [0, 0.05) is 6.54 Å². The van der Waals surface area contributed by atoms with Crippen LogP contribution >= 0.6 is 0 Å². The normalized spacial score (nSPS) is 12.2. The number of sulfonamides is 1. The molecular weight excluding hydrogens is 396 g/mol. The van der Waals surface area contributed by atoms with Crippen LogP contribution in [0.2, 0.25) is 0 Å². The van der Waals surface area contributed by atoms with Crippen molar-refractivity contribution in [1.29, 1.82) is 0 Å². The first-order valence-electron chi connectivity index (χ1n) is 9.84. The van der Waals surface area contributed by atoms with Crippen LogP contribution in [0.15, 0.2) is 89.8 Å². The van der Waals surface area contributed by atoms with E-state index in [1.165, 1.54) is 12.1 Å². The van der Waals surface area contributed by atoms with E-state index in [9.17, 15) is 13.2 Å². The van der Waals surface area contributed by atoms with E-state index < -0.39 is 10.0 Å². The molecule has 0 aromatic heterocycles. The van der Waals surface area contributed by atoms with Gasteiger partial charge in [0.25, 0.3) is 10.0 Å². The topological polar surface area (TPSA) is 66.5 Å². The molecule has 0 heterocycles. The average molecular weight is 423 g/mol. The predicted octanol–water partition coefficient (Wildman–Crippen LogP) is 4.11. The number of carbonyl (C=O) groups excluding carboxylic acids is 1. The molecule has 0 fully saturated rings. The van der Waals surface area contributed by atoms with Gasteiger partial charge in [-0.25, -0.2) is 8.42 Å². The van der Waals surface area contributed by atoms with Crippen molar-refractivity contribution in [2.45, 2.75) is 24.7 Å². The molecule has 0 radical (unpaired) electrons. The monoisotopic (exact) mass is 422 g/mol. The molecule has 1 atom stereocenters. The summed E-state index contributed by atoms with van der Waals surface area (Å²) >= 11 is 0. The third-order valence-electron chi connectivity index (χ3n) is 4.91. The minimum absolute atomic E-state index is 0.119. The zero-order valence-electron chi connectivity index (χ0n) is 17.2. The summed E-state index contributed by atoms with van der Waals surface area (Å²) < 4.78 is 27.7. The van der Waals surface area contributed by atoms with E-state index in [2.05, 4.69) is 5.32 Å². The Morgan fingerprint density at radius 3 is 2.07 bits per heavy atom. The summed E-state index contributed by atoms with van der Waals surface area (Å²) in [5, 5.41) is 2.87. The van der Waals surface area contributed by atoms with E-state index in [0.717, 1.165) is 15.4 Å².